The fourth-order valence-corrected chi connectivity index (χ4v) is 6.46. The van der Waals surface area contributed by atoms with E-state index in [1.165, 1.54) is 27.7 Å². The summed E-state index contributed by atoms with van der Waals surface area (Å²) in [5.41, 5.74) is 0.839. The van der Waals surface area contributed by atoms with Crippen molar-refractivity contribution < 1.29 is 9.59 Å². The number of amides is 2. The van der Waals surface area contributed by atoms with E-state index in [9.17, 15) is 14.4 Å². The lowest BCUT2D eigenvalue weighted by atomic mass is 10.2. The highest BCUT2D eigenvalue weighted by molar-refractivity contribution is 7.99. The topological polar surface area (TPSA) is 75.5 Å². The summed E-state index contributed by atoms with van der Waals surface area (Å²) in [5, 5.41) is 5.16. The van der Waals surface area contributed by atoms with E-state index >= 15 is 0 Å². The Balaban J connectivity index is 1.26. The van der Waals surface area contributed by atoms with E-state index in [1.54, 1.807) is 23.3 Å². The van der Waals surface area contributed by atoms with Gasteiger partial charge in [0, 0.05) is 55.0 Å². The Hall–Kier alpha value is -2.17. The molecule has 162 valence electrons. The molecule has 1 saturated heterocycles. The van der Waals surface area contributed by atoms with E-state index in [0.29, 0.717) is 41.6 Å². The standard InChI is InChI=1S/C21H22N4O3S3/c1-23-20(28)17-14(15-3-2-10-29-15)11-30-18(17)22-21(23)31-12-16(26)24-6-8-25(9-7-24)19(27)13-4-5-13/h2-3,10-11,13H,4-9,12H2,1H3. The van der Waals surface area contributed by atoms with Crippen LogP contribution in [0.1, 0.15) is 12.8 Å². The van der Waals surface area contributed by atoms with Gasteiger partial charge in [-0.2, -0.15) is 0 Å². The van der Waals surface area contributed by atoms with Gasteiger partial charge in [0.25, 0.3) is 5.56 Å². The molecule has 0 N–H and O–H groups in total. The molecule has 1 aliphatic heterocycles. The van der Waals surface area contributed by atoms with Gasteiger partial charge in [0.2, 0.25) is 11.8 Å². The average Bonchev–Trinajstić information content (AvgIpc) is 3.32. The van der Waals surface area contributed by atoms with Crippen LogP contribution in [-0.2, 0) is 16.6 Å². The first-order chi connectivity index (χ1) is 15.0. The maximum Gasteiger partial charge on any atom is 0.263 e. The number of rotatable bonds is 5. The van der Waals surface area contributed by atoms with Crippen LogP contribution in [-0.4, -0.2) is 63.1 Å². The third kappa shape index (κ3) is 4.04. The number of thioether (sulfide) groups is 1. The van der Waals surface area contributed by atoms with Gasteiger partial charge in [-0.1, -0.05) is 17.8 Å². The van der Waals surface area contributed by atoms with E-state index in [0.717, 1.165) is 23.3 Å². The zero-order valence-electron chi connectivity index (χ0n) is 17.1. The molecule has 0 aromatic carbocycles. The largest absolute Gasteiger partial charge is 0.339 e. The number of hydrogen-bond donors (Lipinski definition) is 0. The zero-order chi connectivity index (χ0) is 21.5. The van der Waals surface area contributed by atoms with Crippen LogP contribution in [0, 0.1) is 5.92 Å². The minimum Gasteiger partial charge on any atom is -0.339 e. The molecule has 4 heterocycles. The molecule has 31 heavy (non-hydrogen) atoms. The number of thiophene rings is 2. The lowest BCUT2D eigenvalue weighted by molar-refractivity contribution is -0.139. The second kappa shape index (κ2) is 8.40. The van der Waals surface area contributed by atoms with E-state index in [1.807, 2.05) is 27.8 Å². The number of aromatic nitrogens is 2. The highest BCUT2D eigenvalue weighted by Crippen LogP contribution is 2.34. The molecule has 0 unspecified atom stereocenters. The first-order valence-electron chi connectivity index (χ1n) is 10.2. The van der Waals surface area contributed by atoms with E-state index in [2.05, 4.69) is 4.98 Å². The number of hydrogen-bond acceptors (Lipinski definition) is 7. The Morgan fingerprint density at radius 2 is 1.90 bits per heavy atom. The van der Waals surface area contributed by atoms with Gasteiger partial charge >= 0.3 is 0 Å². The number of fused-ring (bicyclic) bond motifs is 1. The summed E-state index contributed by atoms with van der Waals surface area (Å²) in [6.45, 7) is 2.35. The molecule has 2 aliphatic rings. The molecule has 2 amide bonds. The Morgan fingerprint density at radius 3 is 2.58 bits per heavy atom. The smallest absolute Gasteiger partial charge is 0.263 e. The molecule has 3 aromatic rings. The van der Waals surface area contributed by atoms with Gasteiger partial charge in [-0.05, 0) is 24.3 Å². The molecule has 5 rings (SSSR count). The fourth-order valence-electron chi connectivity index (χ4n) is 3.78. The monoisotopic (exact) mass is 474 g/mol. The quantitative estimate of drug-likeness (QED) is 0.420. The first kappa shape index (κ1) is 20.7. The molecule has 0 radical (unpaired) electrons. The average molecular weight is 475 g/mol. The molecule has 0 bridgehead atoms. The second-order valence-electron chi connectivity index (χ2n) is 7.83. The SMILES string of the molecule is Cn1c(SCC(=O)N2CCN(C(=O)C3CC3)CC2)nc2scc(-c3cccs3)c2c1=O. The molecule has 1 saturated carbocycles. The van der Waals surface area contributed by atoms with Crippen LogP contribution in [0.15, 0.2) is 32.8 Å². The van der Waals surface area contributed by atoms with Gasteiger partial charge in [0.15, 0.2) is 5.16 Å². The van der Waals surface area contributed by atoms with Crippen LogP contribution in [0.5, 0.6) is 0 Å². The zero-order valence-corrected chi connectivity index (χ0v) is 19.5. The minimum atomic E-state index is -0.0863. The van der Waals surface area contributed by atoms with Crippen molar-refractivity contribution in [3.8, 4) is 10.4 Å². The summed E-state index contributed by atoms with van der Waals surface area (Å²) in [6.07, 6.45) is 2.01. The minimum absolute atomic E-state index is 0.0170. The number of carbonyl (C=O) groups excluding carboxylic acids is 2. The molecular weight excluding hydrogens is 452 g/mol. The van der Waals surface area contributed by atoms with Crippen LogP contribution in [0.2, 0.25) is 0 Å². The van der Waals surface area contributed by atoms with E-state index in [-0.39, 0.29) is 29.0 Å². The Kier molecular flexibility index (Phi) is 5.61. The van der Waals surface area contributed by atoms with Gasteiger partial charge in [0.05, 0.1) is 11.1 Å². The Labute approximate surface area is 191 Å². The third-order valence-electron chi connectivity index (χ3n) is 5.76. The summed E-state index contributed by atoms with van der Waals surface area (Å²) < 4.78 is 1.54. The highest BCUT2D eigenvalue weighted by atomic mass is 32.2. The molecular formula is C21H22N4O3S3. The highest BCUT2D eigenvalue weighted by Gasteiger charge is 2.35. The maximum atomic E-state index is 13.0. The van der Waals surface area contributed by atoms with Gasteiger partial charge < -0.3 is 9.80 Å². The van der Waals surface area contributed by atoms with Crippen molar-refractivity contribution in [1.29, 1.82) is 0 Å². The molecule has 0 atom stereocenters. The molecule has 0 spiro atoms. The molecule has 1 aliphatic carbocycles. The first-order valence-corrected chi connectivity index (χ1v) is 13.0. The van der Waals surface area contributed by atoms with Crippen molar-refractivity contribution in [2.45, 2.75) is 18.0 Å². The fraction of sp³-hybridized carbons (Fsp3) is 0.429. The number of nitrogens with zero attached hydrogens (tertiary/aromatic N) is 4. The van der Waals surface area contributed by atoms with Crippen LogP contribution < -0.4 is 5.56 Å². The predicted molar refractivity (Wildman–Crippen MR) is 125 cm³/mol. The van der Waals surface area contributed by atoms with Crippen molar-refractivity contribution in [3.05, 3.63) is 33.2 Å². The lowest BCUT2D eigenvalue weighted by Gasteiger charge is -2.34. The normalized spacial score (nSPS) is 16.8. The summed E-state index contributed by atoms with van der Waals surface area (Å²) in [5.74, 6) is 0.707. The van der Waals surface area contributed by atoms with Crippen molar-refractivity contribution in [3.63, 3.8) is 0 Å². The van der Waals surface area contributed by atoms with Gasteiger partial charge in [-0.25, -0.2) is 4.98 Å². The van der Waals surface area contributed by atoms with Crippen LogP contribution in [0.25, 0.3) is 20.7 Å². The second-order valence-corrected chi connectivity index (χ2v) is 10.6. The van der Waals surface area contributed by atoms with Crippen molar-refractivity contribution in [1.82, 2.24) is 19.4 Å². The molecule has 2 fully saturated rings. The predicted octanol–water partition coefficient (Wildman–Crippen LogP) is 2.90. The van der Waals surface area contributed by atoms with Crippen LogP contribution in [0.4, 0.5) is 0 Å². The van der Waals surface area contributed by atoms with Crippen LogP contribution >= 0.6 is 34.4 Å². The molecule has 7 nitrogen and oxygen atoms in total. The number of carbonyl (C=O) groups is 2. The molecule has 3 aromatic heterocycles. The van der Waals surface area contributed by atoms with Gasteiger partial charge in [-0.3, -0.25) is 19.0 Å². The van der Waals surface area contributed by atoms with Crippen molar-refractivity contribution >= 4 is 56.5 Å². The summed E-state index contributed by atoms with van der Waals surface area (Å²) in [7, 11) is 1.71. The van der Waals surface area contributed by atoms with Crippen molar-refractivity contribution in [2.24, 2.45) is 13.0 Å². The van der Waals surface area contributed by atoms with Gasteiger partial charge in [-0.15, -0.1) is 22.7 Å². The van der Waals surface area contributed by atoms with Crippen molar-refractivity contribution in [2.75, 3.05) is 31.9 Å². The maximum absolute atomic E-state index is 13.0. The lowest BCUT2D eigenvalue weighted by Crippen LogP contribution is -2.51. The summed E-state index contributed by atoms with van der Waals surface area (Å²) in [4.78, 5) is 48.0. The van der Waals surface area contributed by atoms with Gasteiger partial charge in [0.1, 0.15) is 4.83 Å². The Bertz CT molecular complexity index is 1190. The van der Waals surface area contributed by atoms with Crippen LogP contribution in [0.3, 0.4) is 0 Å². The number of piperazine rings is 1. The van der Waals surface area contributed by atoms with E-state index in [4.69, 9.17) is 0 Å². The van der Waals surface area contributed by atoms with E-state index < -0.39 is 0 Å². The summed E-state index contributed by atoms with van der Waals surface area (Å²) >= 11 is 4.36. The molecule has 10 heteroatoms. The third-order valence-corrected chi connectivity index (χ3v) is 8.55. The Morgan fingerprint density at radius 1 is 1.16 bits per heavy atom. The summed E-state index contributed by atoms with van der Waals surface area (Å²) in [6, 6.07) is 3.98.